The molecule has 4 heterocycles. The van der Waals surface area contributed by atoms with Crippen LogP contribution >= 0.6 is 11.6 Å². The van der Waals surface area contributed by atoms with Crippen molar-refractivity contribution in [2.75, 3.05) is 44.3 Å². The zero-order chi connectivity index (χ0) is 19.0. The Kier molecular flexibility index (Phi) is 5.29. The minimum atomic E-state index is -0.594. The average Bonchev–Trinajstić information content (AvgIpc) is 3.03. The third-order valence-electron chi connectivity index (χ3n) is 5.74. The summed E-state index contributed by atoms with van der Waals surface area (Å²) < 4.78 is 7.36. The predicted octanol–water partition coefficient (Wildman–Crippen LogP) is 2.20. The van der Waals surface area contributed by atoms with E-state index in [1.54, 1.807) is 0 Å². The Morgan fingerprint density at radius 2 is 1.89 bits per heavy atom. The van der Waals surface area contributed by atoms with Gasteiger partial charge >= 0.3 is 0 Å². The normalized spacial score (nSPS) is 20.5. The number of ether oxygens (including phenoxy) is 1. The molecule has 2 aliphatic rings. The second-order valence-corrected chi connectivity index (χ2v) is 8.53. The highest BCUT2D eigenvalue weighted by Gasteiger charge is 2.30. The van der Waals surface area contributed by atoms with Gasteiger partial charge in [0.25, 0.3) is 0 Å². The molecule has 148 valence electrons. The van der Waals surface area contributed by atoms with Gasteiger partial charge in [-0.3, -0.25) is 4.90 Å². The number of rotatable bonds is 4. The summed E-state index contributed by atoms with van der Waals surface area (Å²) in [7, 11) is 0. The average molecular weight is 394 g/mol. The highest BCUT2D eigenvalue weighted by molar-refractivity contribution is 6.29. The van der Waals surface area contributed by atoms with Crippen molar-refractivity contribution in [1.29, 1.82) is 0 Å². The number of hydrogen-bond donors (Lipinski definition) is 1. The SMILES string of the molecule is CC(C)(O)C1CCN(Cc2cc3nc(Cl)cc(N4CCOCC4)n3n2)CC1. The van der Waals surface area contributed by atoms with Crippen LogP contribution in [0, 0.1) is 5.92 Å². The van der Waals surface area contributed by atoms with E-state index in [0.29, 0.717) is 24.3 Å². The molecule has 7 nitrogen and oxygen atoms in total. The van der Waals surface area contributed by atoms with Crippen LogP contribution in [0.25, 0.3) is 5.65 Å². The van der Waals surface area contributed by atoms with Crippen LogP contribution in [-0.2, 0) is 11.3 Å². The van der Waals surface area contributed by atoms with Crippen molar-refractivity contribution >= 4 is 23.1 Å². The Balaban J connectivity index is 1.50. The molecule has 0 saturated carbocycles. The fraction of sp³-hybridized carbons (Fsp3) is 0.684. The lowest BCUT2D eigenvalue weighted by Crippen LogP contribution is -2.41. The highest BCUT2D eigenvalue weighted by atomic mass is 35.5. The lowest BCUT2D eigenvalue weighted by Gasteiger charge is -2.37. The molecule has 0 amide bonds. The van der Waals surface area contributed by atoms with Gasteiger partial charge in [0.05, 0.1) is 24.5 Å². The summed E-state index contributed by atoms with van der Waals surface area (Å²) in [6.45, 7) is 9.67. The minimum absolute atomic E-state index is 0.364. The number of likely N-dealkylation sites (tertiary alicyclic amines) is 1. The fourth-order valence-corrected chi connectivity index (χ4v) is 4.28. The number of morpholine rings is 1. The molecule has 0 aliphatic carbocycles. The number of hydrogen-bond acceptors (Lipinski definition) is 6. The van der Waals surface area contributed by atoms with Crippen molar-refractivity contribution in [2.45, 2.75) is 38.8 Å². The van der Waals surface area contributed by atoms with E-state index in [2.05, 4.69) is 14.8 Å². The van der Waals surface area contributed by atoms with Crippen molar-refractivity contribution in [3.8, 4) is 0 Å². The molecule has 4 rings (SSSR count). The van der Waals surface area contributed by atoms with Crippen LogP contribution in [0.1, 0.15) is 32.4 Å². The molecule has 2 saturated heterocycles. The summed E-state index contributed by atoms with van der Waals surface area (Å²) in [5, 5.41) is 15.5. The van der Waals surface area contributed by atoms with Crippen molar-refractivity contribution in [3.63, 3.8) is 0 Å². The van der Waals surface area contributed by atoms with Gasteiger partial charge in [-0.2, -0.15) is 9.61 Å². The number of nitrogens with zero attached hydrogens (tertiary/aromatic N) is 5. The Hall–Kier alpha value is -1.41. The summed E-state index contributed by atoms with van der Waals surface area (Å²) >= 11 is 6.26. The van der Waals surface area contributed by atoms with Crippen LogP contribution in [0.3, 0.4) is 0 Å². The monoisotopic (exact) mass is 393 g/mol. The number of anilines is 1. The zero-order valence-corrected chi connectivity index (χ0v) is 16.8. The third kappa shape index (κ3) is 4.21. The van der Waals surface area contributed by atoms with Crippen LogP contribution in [0.5, 0.6) is 0 Å². The number of fused-ring (bicyclic) bond motifs is 1. The van der Waals surface area contributed by atoms with Gasteiger partial charge in [-0.25, -0.2) is 4.98 Å². The largest absolute Gasteiger partial charge is 0.390 e. The Morgan fingerprint density at radius 1 is 1.19 bits per heavy atom. The quantitative estimate of drug-likeness (QED) is 0.803. The summed E-state index contributed by atoms with van der Waals surface area (Å²) in [5.41, 5.74) is 1.19. The molecule has 8 heteroatoms. The molecular weight excluding hydrogens is 366 g/mol. The standard InChI is InChI=1S/C19H28ClN5O2/c1-19(2,26)14-3-5-23(6-4-14)13-15-11-17-21-16(20)12-18(25(17)22-15)24-7-9-27-10-8-24/h11-12,14,26H,3-10,13H2,1-2H3. The molecule has 0 unspecified atom stereocenters. The molecule has 2 aromatic heterocycles. The van der Waals surface area contributed by atoms with E-state index in [-0.39, 0.29) is 0 Å². The number of halogens is 1. The van der Waals surface area contributed by atoms with Gasteiger partial charge in [-0.15, -0.1) is 0 Å². The first kappa shape index (κ1) is 18.9. The first-order valence-corrected chi connectivity index (χ1v) is 10.1. The zero-order valence-electron chi connectivity index (χ0n) is 16.1. The van der Waals surface area contributed by atoms with E-state index >= 15 is 0 Å². The van der Waals surface area contributed by atoms with E-state index in [9.17, 15) is 5.11 Å². The van der Waals surface area contributed by atoms with Crippen molar-refractivity contribution in [2.24, 2.45) is 5.92 Å². The van der Waals surface area contributed by atoms with Gasteiger partial charge in [0.1, 0.15) is 11.0 Å². The van der Waals surface area contributed by atoms with E-state index in [0.717, 1.165) is 62.7 Å². The second kappa shape index (κ2) is 7.54. The van der Waals surface area contributed by atoms with Gasteiger partial charge in [0.2, 0.25) is 0 Å². The van der Waals surface area contributed by atoms with Crippen LogP contribution in [0.2, 0.25) is 5.15 Å². The van der Waals surface area contributed by atoms with E-state index < -0.39 is 5.60 Å². The maximum atomic E-state index is 10.2. The van der Waals surface area contributed by atoms with Gasteiger partial charge in [0.15, 0.2) is 5.65 Å². The maximum Gasteiger partial charge on any atom is 0.159 e. The number of aliphatic hydroxyl groups is 1. The van der Waals surface area contributed by atoms with E-state index in [1.807, 2.05) is 30.5 Å². The third-order valence-corrected chi connectivity index (χ3v) is 5.93. The second-order valence-electron chi connectivity index (χ2n) is 8.15. The van der Waals surface area contributed by atoms with E-state index in [4.69, 9.17) is 21.4 Å². The molecule has 0 aromatic carbocycles. The van der Waals surface area contributed by atoms with Crippen LogP contribution in [-0.4, -0.2) is 69.6 Å². The molecule has 27 heavy (non-hydrogen) atoms. The van der Waals surface area contributed by atoms with Crippen molar-refractivity contribution in [3.05, 3.63) is 23.0 Å². The van der Waals surface area contributed by atoms with Gasteiger partial charge in [-0.1, -0.05) is 11.6 Å². The Morgan fingerprint density at radius 3 is 2.56 bits per heavy atom. The molecule has 2 aliphatic heterocycles. The lowest BCUT2D eigenvalue weighted by molar-refractivity contribution is -0.0137. The first-order chi connectivity index (χ1) is 12.9. The molecule has 2 aromatic rings. The Labute approximate surface area is 164 Å². The van der Waals surface area contributed by atoms with Gasteiger partial charge < -0.3 is 14.7 Å². The number of piperidine rings is 1. The minimum Gasteiger partial charge on any atom is -0.390 e. The molecule has 1 N–H and O–H groups in total. The smallest absolute Gasteiger partial charge is 0.159 e. The summed E-state index contributed by atoms with van der Waals surface area (Å²) in [6.07, 6.45) is 2.03. The van der Waals surface area contributed by atoms with Crippen molar-refractivity contribution < 1.29 is 9.84 Å². The predicted molar refractivity (Wildman–Crippen MR) is 105 cm³/mol. The summed E-state index contributed by atoms with van der Waals surface area (Å²) in [6, 6.07) is 3.91. The Bertz CT molecular complexity index is 789. The summed E-state index contributed by atoms with van der Waals surface area (Å²) in [5.74, 6) is 1.34. The lowest BCUT2D eigenvalue weighted by atomic mass is 9.83. The van der Waals surface area contributed by atoms with Crippen LogP contribution in [0.4, 0.5) is 5.82 Å². The van der Waals surface area contributed by atoms with Gasteiger partial charge in [-0.05, 0) is 45.7 Å². The maximum absolute atomic E-state index is 10.2. The molecule has 0 spiro atoms. The molecule has 0 bridgehead atoms. The van der Waals surface area contributed by atoms with Crippen LogP contribution in [0.15, 0.2) is 12.1 Å². The molecule has 2 fully saturated rings. The topological polar surface area (TPSA) is 66.1 Å². The molecular formula is C19H28ClN5O2. The van der Waals surface area contributed by atoms with Crippen LogP contribution < -0.4 is 4.90 Å². The fourth-order valence-electron chi connectivity index (χ4n) is 4.10. The summed E-state index contributed by atoms with van der Waals surface area (Å²) in [4.78, 5) is 9.09. The van der Waals surface area contributed by atoms with Crippen molar-refractivity contribution in [1.82, 2.24) is 19.5 Å². The highest BCUT2D eigenvalue weighted by Crippen LogP contribution is 2.29. The first-order valence-electron chi connectivity index (χ1n) is 9.73. The molecule has 0 radical (unpaired) electrons. The molecule has 0 atom stereocenters. The van der Waals surface area contributed by atoms with E-state index in [1.165, 1.54) is 0 Å². The van der Waals surface area contributed by atoms with Gasteiger partial charge in [0, 0.05) is 31.8 Å². The number of aromatic nitrogens is 3.